The third-order valence-electron chi connectivity index (χ3n) is 4.86. The Bertz CT molecular complexity index is 481. The van der Waals surface area contributed by atoms with E-state index in [2.05, 4.69) is 17.9 Å². The summed E-state index contributed by atoms with van der Waals surface area (Å²) in [4.78, 5) is 17.5. The van der Waals surface area contributed by atoms with E-state index in [0.29, 0.717) is 12.1 Å². The molecule has 2 N–H and O–H groups in total. The summed E-state index contributed by atoms with van der Waals surface area (Å²) in [6.45, 7) is 3.03. The lowest BCUT2D eigenvalue weighted by molar-refractivity contribution is 0.0631. The Balaban J connectivity index is 1.74. The Labute approximate surface area is 131 Å². The quantitative estimate of drug-likeness (QED) is 0.927. The van der Waals surface area contributed by atoms with Gasteiger partial charge in [-0.2, -0.15) is 0 Å². The van der Waals surface area contributed by atoms with Crippen LogP contribution in [0.2, 0.25) is 0 Å². The van der Waals surface area contributed by atoms with E-state index in [1.807, 2.05) is 0 Å². The predicted molar refractivity (Wildman–Crippen MR) is 87.9 cm³/mol. The van der Waals surface area contributed by atoms with Gasteiger partial charge in [0.25, 0.3) is 5.91 Å². The summed E-state index contributed by atoms with van der Waals surface area (Å²) in [5.74, 6) is 0.261. The minimum absolute atomic E-state index is 0.261. The summed E-state index contributed by atoms with van der Waals surface area (Å²) in [7, 11) is 0. The van der Waals surface area contributed by atoms with Crippen molar-refractivity contribution in [2.45, 2.75) is 70.4 Å². The topological polar surface area (TPSA) is 46.3 Å². The van der Waals surface area contributed by atoms with E-state index in [0.717, 1.165) is 49.9 Å². The van der Waals surface area contributed by atoms with Crippen LogP contribution in [0.15, 0.2) is 6.07 Å². The third kappa shape index (κ3) is 3.16. The van der Waals surface area contributed by atoms with Crippen molar-refractivity contribution in [1.82, 2.24) is 4.90 Å². The number of aryl methyl sites for hydroxylation is 2. The zero-order chi connectivity index (χ0) is 14.8. The van der Waals surface area contributed by atoms with Crippen molar-refractivity contribution in [3.05, 3.63) is 21.4 Å². The van der Waals surface area contributed by atoms with Crippen molar-refractivity contribution in [2.75, 3.05) is 6.54 Å². The first-order valence-electron chi connectivity index (χ1n) is 8.37. The Morgan fingerprint density at radius 1 is 1.33 bits per heavy atom. The molecular formula is C17H26N2OS. The molecule has 116 valence electrons. The fraction of sp³-hybridized carbons (Fsp3) is 0.706. The number of carbonyl (C=O) groups is 1. The van der Waals surface area contributed by atoms with Crippen molar-refractivity contribution < 1.29 is 4.79 Å². The average molecular weight is 306 g/mol. The minimum atomic E-state index is 0.261. The van der Waals surface area contributed by atoms with Gasteiger partial charge in [0.1, 0.15) is 0 Å². The van der Waals surface area contributed by atoms with Crippen LogP contribution >= 0.6 is 11.3 Å². The number of hydrogen-bond acceptors (Lipinski definition) is 3. The molecule has 0 radical (unpaired) electrons. The van der Waals surface area contributed by atoms with E-state index in [1.54, 1.807) is 11.3 Å². The Morgan fingerprint density at radius 2 is 2.10 bits per heavy atom. The maximum Gasteiger partial charge on any atom is 0.264 e. The second kappa shape index (κ2) is 6.49. The molecular weight excluding hydrogens is 280 g/mol. The molecule has 1 aromatic rings. The van der Waals surface area contributed by atoms with Gasteiger partial charge in [0.15, 0.2) is 0 Å². The predicted octanol–water partition coefficient (Wildman–Crippen LogP) is 3.36. The Kier molecular flexibility index (Phi) is 4.65. The van der Waals surface area contributed by atoms with E-state index in [4.69, 9.17) is 5.73 Å². The summed E-state index contributed by atoms with van der Waals surface area (Å²) >= 11 is 1.73. The molecule has 0 saturated heterocycles. The molecule has 3 nitrogen and oxygen atoms in total. The van der Waals surface area contributed by atoms with Crippen molar-refractivity contribution in [2.24, 2.45) is 5.73 Å². The van der Waals surface area contributed by atoms with Crippen LogP contribution in [0.4, 0.5) is 0 Å². The number of fused-ring (bicyclic) bond motifs is 1. The van der Waals surface area contributed by atoms with Crippen LogP contribution in [0.1, 0.15) is 65.6 Å². The van der Waals surface area contributed by atoms with E-state index in [9.17, 15) is 4.79 Å². The summed E-state index contributed by atoms with van der Waals surface area (Å²) in [6.07, 6.45) is 8.85. The van der Waals surface area contributed by atoms with Crippen LogP contribution in [-0.4, -0.2) is 29.4 Å². The van der Waals surface area contributed by atoms with Gasteiger partial charge in [0.05, 0.1) is 4.88 Å². The molecule has 0 bridgehead atoms. The number of thiophene rings is 1. The van der Waals surface area contributed by atoms with Crippen molar-refractivity contribution in [1.29, 1.82) is 0 Å². The lowest BCUT2D eigenvalue weighted by Gasteiger charge is -2.35. The second-order valence-electron chi connectivity index (χ2n) is 6.48. The SMILES string of the molecule is CCCN(C(=O)c1cc2c(s1)CCC2)C1CCC(N)CC1. The van der Waals surface area contributed by atoms with Gasteiger partial charge < -0.3 is 10.6 Å². The van der Waals surface area contributed by atoms with Crippen LogP contribution in [0.25, 0.3) is 0 Å². The van der Waals surface area contributed by atoms with Gasteiger partial charge in [-0.25, -0.2) is 0 Å². The molecule has 1 fully saturated rings. The number of rotatable bonds is 4. The van der Waals surface area contributed by atoms with E-state index in [1.165, 1.54) is 23.3 Å². The maximum absolute atomic E-state index is 12.9. The lowest BCUT2D eigenvalue weighted by atomic mass is 9.90. The zero-order valence-electron chi connectivity index (χ0n) is 12.9. The summed E-state index contributed by atoms with van der Waals surface area (Å²) in [5.41, 5.74) is 7.43. The number of nitrogens with two attached hydrogens (primary N) is 1. The molecule has 0 atom stereocenters. The summed E-state index contributed by atoms with van der Waals surface area (Å²) < 4.78 is 0. The minimum Gasteiger partial charge on any atom is -0.335 e. The van der Waals surface area contributed by atoms with Gasteiger partial charge in [-0.3, -0.25) is 4.79 Å². The molecule has 0 spiro atoms. The molecule has 2 aliphatic carbocycles. The molecule has 2 aliphatic rings. The highest BCUT2D eigenvalue weighted by molar-refractivity contribution is 7.14. The highest BCUT2D eigenvalue weighted by Gasteiger charge is 2.29. The van der Waals surface area contributed by atoms with Gasteiger partial charge in [0.2, 0.25) is 0 Å². The Hall–Kier alpha value is -0.870. The smallest absolute Gasteiger partial charge is 0.264 e. The monoisotopic (exact) mass is 306 g/mol. The maximum atomic E-state index is 12.9. The first kappa shape index (κ1) is 15.0. The van der Waals surface area contributed by atoms with Crippen LogP contribution < -0.4 is 5.73 Å². The highest BCUT2D eigenvalue weighted by Crippen LogP contribution is 2.32. The number of hydrogen-bond donors (Lipinski definition) is 1. The Morgan fingerprint density at radius 3 is 2.76 bits per heavy atom. The molecule has 1 aromatic heterocycles. The molecule has 0 unspecified atom stereocenters. The van der Waals surface area contributed by atoms with Crippen LogP contribution in [0, 0.1) is 0 Å². The number of nitrogens with zero attached hydrogens (tertiary/aromatic N) is 1. The fourth-order valence-corrected chi connectivity index (χ4v) is 4.89. The normalized spacial score (nSPS) is 24.9. The summed E-state index contributed by atoms with van der Waals surface area (Å²) in [5, 5.41) is 0. The summed E-state index contributed by atoms with van der Waals surface area (Å²) in [6, 6.07) is 2.89. The third-order valence-corrected chi connectivity index (χ3v) is 6.09. The lowest BCUT2D eigenvalue weighted by Crippen LogP contribution is -2.44. The average Bonchev–Trinajstić information content (AvgIpc) is 3.06. The van der Waals surface area contributed by atoms with Crippen molar-refractivity contribution >= 4 is 17.2 Å². The van der Waals surface area contributed by atoms with Gasteiger partial charge in [-0.1, -0.05) is 6.92 Å². The number of carbonyl (C=O) groups excluding carboxylic acids is 1. The first-order chi connectivity index (χ1) is 10.2. The standard InChI is InChI=1S/C17H26N2OS/c1-2-10-19(14-8-6-13(18)7-9-14)17(20)16-11-12-4-3-5-15(12)21-16/h11,13-14H,2-10,18H2,1H3. The van der Waals surface area contributed by atoms with Gasteiger partial charge in [-0.05, 0) is 63.0 Å². The van der Waals surface area contributed by atoms with Gasteiger partial charge in [-0.15, -0.1) is 11.3 Å². The molecule has 0 aliphatic heterocycles. The van der Waals surface area contributed by atoms with Crippen molar-refractivity contribution in [3.63, 3.8) is 0 Å². The van der Waals surface area contributed by atoms with Crippen molar-refractivity contribution in [3.8, 4) is 0 Å². The van der Waals surface area contributed by atoms with Crippen LogP contribution in [0.3, 0.4) is 0 Å². The second-order valence-corrected chi connectivity index (χ2v) is 7.62. The first-order valence-corrected chi connectivity index (χ1v) is 9.18. The van der Waals surface area contributed by atoms with E-state index >= 15 is 0 Å². The number of amides is 1. The molecule has 1 heterocycles. The molecule has 3 rings (SSSR count). The molecule has 1 amide bonds. The molecule has 21 heavy (non-hydrogen) atoms. The van der Waals surface area contributed by atoms with E-state index in [-0.39, 0.29) is 5.91 Å². The zero-order valence-corrected chi connectivity index (χ0v) is 13.8. The highest BCUT2D eigenvalue weighted by atomic mass is 32.1. The van der Waals surface area contributed by atoms with Crippen LogP contribution in [0.5, 0.6) is 0 Å². The molecule has 4 heteroatoms. The molecule has 0 aromatic carbocycles. The molecule has 1 saturated carbocycles. The van der Waals surface area contributed by atoms with E-state index < -0.39 is 0 Å². The fourth-order valence-electron chi connectivity index (χ4n) is 3.68. The van der Waals surface area contributed by atoms with Gasteiger partial charge >= 0.3 is 0 Å². The van der Waals surface area contributed by atoms with Crippen LogP contribution in [-0.2, 0) is 12.8 Å². The van der Waals surface area contributed by atoms with Gasteiger partial charge in [0, 0.05) is 23.5 Å². The largest absolute Gasteiger partial charge is 0.335 e.